The number of hydrazine groups is 1. The van der Waals surface area contributed by atoms with Crippen LogP contribution in [0.2, 0.25) is 5.02 Å². The normalized spacial score (nSPS) is 11.5. The van der Waals surface area contributed by atoms with Crippen molar-refractivity contribution in [3.05, 3.63) is 34.3 Å². The summed E-state index contributed by atoms with van der Waals surface area (Å²) >= 11 is 6.04. The van der Waals surface area contributed by atoms with Gasteiger partial charge in [0, 0.05) is 5.02 Å². The summed E-state index contributed by atoms with van der Waals surface area (Å²) in [4.78, 5) is 11.6. The van der Waals surface area contributed by atoms with E-state index in [0.29, 0.717) is 5.02 Å². The van der Waals surface area contributed by atoms with Crippen LogP contribution in [0.1, 0.15) is 36.8 Å². The first kappa shape index (κ1) is 16.2. The predicted octanol–water partition coefficient (Wildman–Crippen LogP) is 2.94. The summed E-state index contributed by atoms with van der Waals surface area (Å²) in [5, 5.41) is 0.684. The average Bonchev–Trinajstić information content (AvgIpc) is 2.29. The monoisotopic (exact) mass is 276 g/mol. The summed E-state index contributed by atoms with van der Waals surface area (Å²) < 4.78 is 0. The molecule has 0 radical (unpaired) electrons. The second kappa shape index (κ2) is 7.54. The average molecular weight is 277 g/mol. The lowest BCUT2D eigenvalue weighted by Gasteiger charge is -2.15. The molecular weight excluding hydrogens is 259 g/mol. The maximum absolute atomic E-state index is 11.6. The Balaban J connectivity index is 0.00000256. The number of hydrogen-bond donors (Lipinski definition) is 2. The van der Waals surface area contributed by atoms with E-state index in [1.807, 2.05) is 32.0 Å². The maximum atomic E-state index is 11.6. The number of rotatable bonds is 4. The Hall–Kier alpha value is -0.770. The molecule has 96 valence electrons. The van der Waals surface area contributed by atoms with Crippen molar-refractivity contribution in [1.82, 2.24) is 5.43 Å². The minimum Gasteiger partial charge on any atom is -0.294 e. The lowest BCUT2D eigenvalue weighted by Crippen LogP contribution is -2.34. The zero-order chi connectivity index (χ0) is 12.1. The van der Waals surface area contributed by atoms with Crippen LogP contribution >= 0.6 is 24.0 Å². The first-order chi connectivity index (χ1) is 7.60. The zero-order valence-electron chi connectivity index (χ0n) is 10.00. The number of benzene rings is 1. The highest BCUT2D eigenvalue weighted by atomic mass is 35.5. The summed E-state index contributed by atoms with van der Waals surface area (Å²) in [5.74, 6) is 4.80. The smallest absolute Gasteiger partial charge is 0.241 e. The van der Waals surface area contributed by atoms with Gasteiger partial charge in [-0.15, -0.1) is 12.4 Å². The lowest BCUT2D eigenvalue weighted by atomic mass is 9.93. The third kappa shape index (κ3) is 4.19. The fraction of sp³-hybridized carbons (Fsp3) is 0.417. The van der Waals surface area contributed by atoms with E-state index in [1.165, 1.54) is 0 Å². The molecule has 1 unspecified atom stereocenters. The Morgan fingerprint density at radius 2 is 2.18 bits per heavy atom. The molecule has 0 aromatic heterocycles. The van der Waals surface area contributed by atoms with Gasteiger partial charge in [-0.3, -0.25) is 10.2 Å². The highest BCUT2D eigenvalue weighted by Crippen LogP contribution is 2.26. The molecule has 5 heteroatoms. The largest absolute Gasteiger partial charge is 0.294 e. The lowest BCUT2D eigenvalue weighted by molar-refractivity contribution is -0.122. The highest BCUT2D eigenvalue weighted by molar-refractivity contribution is 6.31. The molecule has 1 aromatic carbocycles. The third-order valence-corrected chi connectivity index (χ3v) is 3.04. The number of hydrogen-bond acceptors (Lipinski definition) is 2. The van der Waals surface area contributed by atoms with E-state index in [0.717, 1.165) is 24.0 Å². The van der Waals surface area contributed by atoms with Gasteiger partial charge < -0.3 is 0 Å². The molecule has 0 aliphatic carbocycles. The molecule has 0 spiro atoms. The highest BCUT2D eigenvalue weighted by Gasteiger charge is 2.19. The van der Waals surface area contributed by atoms with E-state index in [4.69, 9.17) is 17.4 Å². The minimum absolute atomic E-state index is 0. The van der Waals surface area contributed by atoms with Gasteiger partial charge >= 0.3 is 0 Å². The SMILES string of the molecule is CCCC(C(=O)NN)c1ccc(C)c(Cl)c1.Cl. The van der Waals surface area contributed by atoms with Crippen LogP contribution in [-0.2, 0) is 4.79 Å². The van der Waals surface area contributed by atoms with Gasteiger partial charge in [-0.05, 0) is 30.5 Å². The molecule has 0 aliphatic heterocycles. The quantitative estimate of drug-likeness (QED) is 0.505. The molecule has 0 aliphatic rings. The molecule has 1 amide bonds. The summed E-state index contributed by atoms with van der Waals surface area (Å²) in [6.07, 6.45) is 1.69. The van der Waals surface area contributed by atoms with E-state index >= 15 is 0 Å². The van der Waals surface area contributed by atoms with Crippen LogP contribution in [0.25, 0.3) is 0 Å². The molecule has 0 saturated heterocycles. The molecule has 0 bridgehead atoms. The molecule has 1 aromatic rings. The third-order valence-electron chi connectivity index (χ3n) is 2.63. The second-order valence-electron chi connectivity index (χ2n) is 3.86. The van der Waals surface area contributed by atoms with Crippen molar-refractivity contribution >= 4 is 29.9 Å². The molecule has 0 heterocycles. The van der Waals surface area contributed by atoms with Crippen molar-refractivity contribution in [2.45, 2.75) is 32.6 Å². The van der Waals surface area contributed by atoms with Crippen LogP contribution < -0.4 is 11.3 Å². The standard InChI is InChI=1S/C12H17ClN2O.ClH/c1-3-4-10(12(16)15-14)9-6-5-8(2)11(13)7-9;/h5-7,10H,3-4,14H2,1-2H3,(H,15,16);1H. The number of amides is 1. The molecule has 0 fully saturated rings. The van der Waals surface area contributed by atoms with Crippen LogP contribution in [0.15, 0.2) is 18.2 Å². The molecule has 1 atom stereocenters. The second-order valence-corrected chi connectivity index (χ2v) is 4.27. The first-order valence-corrected chi connectivity index (χ1v) is 5.74. The van der Waals surface area contributed by atoms with Gasteiger partial charge in [0.15, 0.2) is 0 Å². The predicted molar refractivity (Wildman–Crippen MR) is 73.4 cm³/mol. The Labute approximate surface area is 113 Å². The Kier molecular flexibility index (Phi) is 7.19. The van der Waals surface area contributed by atoms with Crippen molar-refractivity contribution in [2.24, 2.45) is 5.84 Å². The van der Waals surface area contributed by atoms with Crippen LogP contribution in [0.5, 0.6) is 0 Å². The van der Waals surface area contributed by atoms with Gasteiger partial charge in [0.25, 0.3) is 0 Å². The van der Waals surface area contributed by atoms with E-state index in [9.17, 15) is 4.79 Å². The van der Waals surface area contributed by atoms with E-state index in [2.05, 4.69) is 5.43 Å². The fourth-order valence-corrected chi connectivity index (χ4v) is 1.85. The molecule has 3 N–H and O–H groups in total. The minimum atomic E-state index is -0.215. The van der Waals surface area contributed by atoms with Gasteiger partial charge in [0.05, 0.1) is 5.92 Å². The fourth-order valence-electron chi connectivity index (χ4n) is 1.66. The van der Waals surface area contributed by atoms with Crippen LogP contribution in [0, 0.1) is 6.92 Å². The van der Waals surface area contributed by atoms with E-state index in [-0.39, 0.29) is 24.2 Å². The van der Waals surface area contributed by atoms with Crippen molar-refractivity contribution < 1.29 is 4.79 Å². The first-order valence-electron chi connectivity index (χ1n) is 5.36. The number of halogens is 2. The number of carbonyl (C=O) groups is 1. The van der Waals surface area contributed by atoms with Gasteiger partial charge in [0.1, 0.15) is 0 Å². The number of nitrogens with two attached hydrogens (primary N) is 1. The maximum Gasteiger partial charge on any atom is 0.241 e. The summed E-state index contributed by atoms with van der Waals surface area (Å²) in [6.45, 7) is 3.97. The topological polar surface area (TPSA) is 55.1 Å². The molecule has 0 saturated carbocycles. The number of carbonyl (C=O) groups excluding carboxylic acids is 1. The van der Waals surface area contributed by atoms with Crippen molar-refractivity contribution in [3.63, 3.8) is 0 Å². The van der Waals surface area contributed by atoms with Crippen LogP contribution in [0.4, 0.5) is 0 Å². The van der Waals surface area contributed by atoms with Crippen LogP contribution in [0.3, 0.4) is 0 Å². The van der Waals surface area contributed by atoms with Gasteiger partial charge in [-0.2, -0.15) is 0 Å². The Morgan fingerprint density at radius 3 is 2.65 bits per heavy atom. The number of aryl methyl sites for hydroxylation is 1. The summed E-state index contributed by atoms with van der Waals surface area (Å²) in [5.41, 5.74) is 4.13. The van der Waals surface area contributed by atoms with E-state index < -0.39 is 0 Å². The Morgan fingerprint density at radius 1 is 1.53 bits per heavy atom. The summed E-state index contributed by atoms with van der Waals surface area (Å²) in [7, 11) is 0. The van der Waals surface area contributed by atoms with Crippen molar-refractivity contribution in [3.8, 4) is 0 Å². The van der Waals surface area contributed by atoms with Crippen LogP contribution in [-0.4, -0.2) is 5.91 Å². The van der Waals surface area contributed by atoms with Gasteiger partial charge in [-0.1, -0.05) is 37.1 Å². The van der Waals surface area contributed by atoms with Gasteiger partial charge in [0.2, 0.25) is 5.91 Å². The Bertz CT molecular complexity index is 383. The molecule has 3 nitrogen and oxygen atoms in total. The molecule has 17 heavy (non-hydrogen) atoms. The van der Waals surface area contributed by atoms with Crippen molar-refractivity contribution in [1.29, 1.82) is 0 Å². The number of nitrogens with one attached hydrogen (secondary N) is 1. The molecule has 1 rings (SSSR count). The van der Waals surface area contributed by atoms with E-state index in [1.54, 1.807) is 0 Å². The molecular formula is C12H18Cl2N2O. The van der Waals surface area contributed by atoms with Gasteiger partial charge in [-0.25, -0.2) is 5.84 Å². The van der Waals surface area contributed by atoms with Crippen molar-refractivity contribution in [2.75, 3.05) is 0 Å². The zero-order valence-corrected chi connectivity index (χ0v) is 11.6. The summed E-state index contributed by atoms with van der Waals surface area (Å²) in [6, 6.07) is 5.69.